The highest BCUT2D eigenvalue weighted by Gasteiger charge is 2.22. The van der Waals surface area contributed by atoms with E-state index in [2.05, 4.69) is 25.5 Å². The van der Waals surface area contributed by atoms with Crippen molar-refractivity contribution in [3.8, 4) is 0 Å². The highest BCUT2D eigenvalue weighted by Crippen LogP contribution is 2.18. The molecule has 0 aromatic carbocycles. The lowest BCUT2D eigenvalue weighted by molar-refractivity contribution is -0.120. The SMILES string of the molecule is O=C(Cc1csc(NC(=O)N2CCN(c3ccccn3)CC2)n1)NCc1cccs1. The molecule has 10 heteroatoms. The molecular weight excluding hydrogens is 420 g/mol. The maximum absolute atomic E-state index is 12.5. The van der Waals surface area contributed by atoms with Crippen molar-refractivity contribution in [2.24, 2.45) is 0 Å². The number of rotatable bonds is 6. The number of hydrogen-bond donors (Lipinski definition) is 2. The number of hydrogen-bond acceptors (Lipinski definition) is 7. The normalized spacial score (nSPS) is 13.9. The number of piperazine rings is 1. The first-order valence-corrected chi connectivity index (χ1v) is 11.4. The average Bonchev–Trinajstić information content (AvgIpc) is 3.45. The molecule has 156 valence electrons. The fourth-order valence-electron chi connectivity index (χ4n) is 3.12. The van der Waals surface area contributed by atoms with Crippen LogP contribution in [0.5, 0.6) is 0 Å². The van der Waals surface area contributed by atoms with Gasteiger partial charge in [-0.3, -0.25) is 10.1 Å². The molecule has 0 aliphatic carbocycles. The van der Waals surface area contributed by atoms with Crippen molar-refractivity contribution < 1.29 is 9.59 Å². The van der Waals surface area contributed by atoms with Gasteiger partial charge < -0.3 is 15.1 Å². The predicted octanol–water partition coefficient (Wildman–Crippen LogP) is 2.81. The number of nitrogens with one attached hydrogen (secondary N) is 2. The number of carbonyl (C=O) groups excluding carboxylic acids is 2. The zero-order valence-corrected chi connectivity index (χ0v) is 17.9. The second-order valence-electron chi connectivity index (χ2n) is 6.77. The number of thiazole rings is 1. The summed E-state index contributed by atoms with van der Waals surface area (Å²) in [5.74, 6) is 0.844. The first kappa shape index (κ1) is 20.3. The summed E-state index contributed by atoms with van der Waals surface area (Å²) in [5, 5.41) is 10.0. The van der Waals surface area contributed by atoms with Crippen molar-refractivity contribution in [3.63, 3.8) is 0 Å². The number of urea groups is 1. The summed E-state index contributed by atoms with van der Waals surface area (Å²) < 4.78 is 0. The quantitative estimate of drug-likeness (QED) is 0.613. The van der Waals surface area contributed by atoms with Gasteiger partial charge in [0.25, 0.3) is 0 Å². The van der Waals surface area contributed by atoms with E-state index in [1.165, 1.54) is 11.3 Å². The molecule has 1 aliphatic rings. The van der Waals surface area contributed by atoms with E-state index in [9.17, 15) is 9.59 Å². The second kappa shape index (κ2) is 9.68. The average molecular weight is 443 g/mol. The highest BCUT2D eigenvalue weighted by atomic mass is 32.1. The van der Waals surface area contributed by atoms with Crippen molar-refractivity contribution in [3.05, 3.63) is 57.9 Å². The third-order valence-electron chi connectivity index (χ3n) is 4.69. The van der Waals surface area contributed by atoms with E-state index in [0.717, 1.165) is 23.8 Å². The van der Waals surface area contributed by atoms with Gasteiger partial charge in [-0.05, 0) is 23.6 Å². The van der Waals surface area contributed by atoms with Crippen LogP contribution in [0, 0.1) is 0 Å². The highest BCUT2D eigenvalue weighted by molar-refractivity contribution is 7.14. The zero-order chi connectivity index (χ0) is 20.8. The van der Waals surface area contributed by atoms with Gasteiger partial charge in [0, 0.05) is 42.6 Å². The van der Waals surface area contributed by atoms with Crippen LogP contribution in [0.4, 0.5) is 15.7 Å². The Morgan fingerprint density at radius 1 is 1.07 bits per heavy atom. The van der Waals surface area contributed by atoms with Crippen molar-refractivity contribution in [1.82, 2.24) is 20.2 Å². The Labute approximate surface area is 182 Å². The molecule has 1 fully saturated rings. The first-order valence-electron chi connectivity index (χ1n) is 9.63. The molecule has 8 nitrogen and oxygen atoms in total. The third kappa shape index (κ3) is 5.33. The number of pyridine rings is 1. The van der Waals surface area contributed by atoms with E-state index in [0.29, 0.717) is 30.5 Å². The van der Waals surface area contributed by atoms with E-state index in [-0.39, 0.29) is 18.4 Å². The van der Waals surface area contributed by atoms with Crippen molar-refractivity contribution in [2.45, 2.75) is 13.0 Å². The van der Waals surface area contributed by atoms with Crippen LogP contribution in [0.3, 0.4) is 0 Å². The molecule has 0 atom stereocenters. The number of amides is 3. The lowest BCUT2D eigenvalue weighted by Gasteiger charge is -2.35. The van der Waals surface area contributed by atoms with Gasteiger partial charge in [-0.2, -0.15) is 0 Å². The fraction of sp³-hybridized carbons (Fsp3) is 0.300. The number of carbonyl (C=O) groups is 2. The maximum atomic E-state index is 12.5. The molecule has 30 heavy (non-hydrogen) atoms. The lowest BCUT2D eigenvalue weighted by atomic mass is 10.3. The van der Waals surface area contributed by atoms with Crippen molar-refractivity contribution in [1.29, 1.82) is 0 Å². The standard InChI is InChI=1S/C20H22N6O2S2/c27-18(22-13-16-4-3-11-29-16)12-15-14-30-19(23-15)24-20(28)26-9-7-25(8-10-26)17-5-1-2-6-21-17/h1-6,11,14H,7-10,12-13H2,(H,22,27)(H,23,24,28). The number of nitrogens with zero attached hydrogens (tertiary/aromatic N) is 4. The van der Waals surface area contributed by atoms with Gasteiger partial charge in [0.2, 0.25) is 5.91 Å². The Morgan fingerprint density at radius 2 is 1.93 bits per heavy atom. The van der Waals surface area contributed by atoms with Crippen LogP contribution < -0.4 is 15.5 Å². The largest absolute Gasteiger partial charge is 0.353 e. The first-order chi connectivity index (χ1) is 14.7. The molecule has 0 bridgehead atoms. The Morgan fingerprint density at radius 3 is 2.67 bits per heavy atom. The van der Waals surface area contributed by atoms with Gasteiger partial charge in [-0.1, -0.05) is 12.1 Å². The molecule has 4 rings (SSSR count). The molecule has 3 aromatic heterocycles. The Bertz CT molecular complexity index is 968. The molecule has 1 aliphatic heterocycles. The summed E-state index contributed by atoms with van der Waals surface area (Å²) >= 11 is 2.94. The number of anilines is 2. The molecular formula is C20H22N6O2S2. The molecule has 3 aromatic rings. The monoisotopic (exact) mass is 442 g/mol. The van der Waals surface area contributed by atoms with E-state index < -0.39 is 0 Å². The van der Waals surface area contributed by atoms with Crippen LogP contribution in [0.25, 0.3) is 0 Å². The van der Waals surface area contributed by atoms with Crippen molar-refractivity contribution in [2.75, 3.05) is 36.4 Å². The van der Waals surface area contributed by atoms with Crippen LogP contribution in [0.15, 0.2) is 47.3 Å². The summed E-state index contributed by atoms with van der Waals surface area (Å²) in [7, 11) is 0. The van der Waals surface area contributed by atoms with Crippen LogP contribution in [-0.2, 0) is 17.8 Å². The topological polar surface area (TPSA) is 90.5 Å². The van der Waals surface area contributed by atoms with Crippen LogP contribution in [0.1, 0.15) is 10.6 Å². The molecule has 1 saturated heterocycles. The van der Waals surface area contributed by atoms with Crippen LogP contribution in [-0.4, -0.2) is 53.0 Å². The molecule has 4 heterocycles. The maximum Gasteiger partial charge on any atom is 0.323 e. The molecule has 0 unspecified atom stereocenters. The molecule has 0 spiro atoms. The molecule has 0 radical (unpaired) electrons. The minimum atomic E-state index is -0.168. The smallest absolute Gasteiger partial charge is 0.323 e. The van der Waals surface area contributed by atoms with Crippen LogP contribution >= 0.6 is 22.7 Å². The molecule has 3 amide bonds. The van der Waals surface area contributed by atoms with Gasteiger partial charge in [-0.25, -0.2) is 14.8 Å². The van der Waals surface area contributed by atoms with Gasteiger partial charge in [0.05, 0.1) is 18.7 Å². The summed E-state index contributed by atoms with van der Waals surface area (Å²) in [6.45, 7) is 3.22. The summed E-state index contributed by atoms with van der Waals surface area (Å²) in [4.78, 5) is 38.4. The number of aromatic nitrogens is 2. The van der Waals surface area contributed by atoms with E-state index in [1.54, 1.807) is 27.8 Å². The fourth-order valence-corrected chi connectivity index (χ4v) is 4.47. The Balaban J connectivity index is 1.22. The minimum Gasteiger partial charge on any atom is -0.353 e. The van der Waals surface area contributed by atoms with E-state index in [4.69, 9.17) is 0 Å². The molecule has 0 saturated carbocycles. The number of thiophene rings is 1. The Kier molecular flexibility index (Phi) is 6.55. The van der Waals surface area contributed by atoms with E-state index in [1.807, 2.05) is 35.7 Å². The van der Waals surface area contributed by atoms with Gasteiger partial charge >= 0.3 is 6.03 Å². The van der Waals surface area contributed by atoms with Crippen molar-refractivity contribution >= 4 is 45.6 Å². The van der Waals surface area contributed by atoms with Gasteiger partial charge in [0.1, 0.15) is 5.82 Å². The van der Waals surface area contributed by atoms with E-state index >= 15 is 0 Å². The lowest BCUT2D eigenvalue weighted by Crippen LogP contribution is -2.50. The zero-order valence-electron chi connectivity index (χ0n) is 16.3. The van der Waals surface area contributed by atoms with Gasteiger partial charge in [0.15, 0.2) is 5.13 Å². The van der Waals surface area contributed by atoms with Crippen LogP contribution in [0.2, 0.25) is 0 Å². The predicted molar refractivity (Wildman–Crippen MR) is 119 cm³/mol. The summed E-state index contributed by atoms with van der Waals surface area (Å²) in [5.41, 5.74) is 0.652. The summed E-state index contributed by atoms with van der Waals surface area (Å²) in [6, 6.07) is 9.60. The Hall–Kier alpha value is -2.98. The minimum absolute atomic E-state index is 0.0859. The third-order valence-corrected chi connectivity index (χ3v) is 6.37. The summed E-state index contributed by atoms with van der Waals surface area (Å²) in [6.07, 6.45) is 1.97. The second-order valence-corrected chi connectivity index (χ2v) is 8.66. The van der Waals surface area contributed by atoms with Gasteiger partial charge in [-0.15, -0.1) is 22.7 Å². The molecule has 2 N–H and O–H groups in total.